The lowest BCUT2D eigenvalue weighted by atomic mass is 10.1. The second-order valence-corrected chi connectivity index (χ2v) is 4.26. The average Bonchev–Trinajstić information content (AvgIpc) is 2.44. The molecule has 2 rings (SSSR count). The summed E-state index contributed by atoms with van der Waals surface area (Å²) in [6.45, 7) is 0.856. The molecule has 4 N–H and O–H groups in total. The maximum atomic E-state index is 5.63. The van der Waals surface area contributed by atoms with E-state index < -0.39 is 0 Å². The topological polar surface area (TPSA) is 75.9 Å². The molecule has 0 unspecified atom stereocenters. The first-order chi connectivity index (χ1) is 9.28. The molecule has 0 bridgehead atoms. The van der Waals surface area contributed by atoms with Crippen molar-refractivity contribution < 1.29 is 0 Å². The highest BCUT2D eigenvalue weighted by Crippen LogP contribution is 2.12. The molecule has 5 heteroatoms. The van der Waals surface area contributed by atoms with Gasteiger partial charge in [-0.15, -0.1) is 0 Å². The monoisotopic (exact) mass is 257 g/mol. The summed E-state index contributed by atoms with van der Waals surface area (Å²) in [6.07, 6.45) is 2.09. The van der Waals surface area contributed by atoms with Gasteiger partial charge in [0.15, 0.2) is 0 Å². The first kappa shape index (κ1) is 13.1. The first-order valence-electron chi connectivity index (χ1n) is 6.38. The van der Waals surface area contributed by atoms with E-state index in [0.717, 1.165) is 31.0 Å². The molecule has 5 nitrogen and oxygen atoms in total. The fourth-order valence-electron chi connectivity index (χ4n) is 1.84. The van der Waals surface area contributed by atoms with Crippen LogP contribution < -0.4 is 16.4 Å². The highest BCUT2D eigenvalue weighted by molar-refractivity contribution is 5.50. The molecule has 0 saturated heterocycles. The van der Waals surface area contributed by atoms with Crippen molar-refractivity contribution in [1.82, 2.24) is 9.97 Å². The van der Waals surface area contributed by atoms with Crippen LogP contribution >= 0.6 is 0 Å². The molecule has 0 saturated carbocycles. The lowest BCUT2D eigenvalue weighted by Gasteiger charge is -2.08. The number of nitrogen functional groups attached to an aromatic ring is 1. The smallest absolute Gasteiger partial charge is 0.223 e. The van der Waals surface area contributed by atoms with E-state index in [1.165, 1.54) is 5.56 Å². The second-order valence-electron chi connectivity index (χ2n) is 4.26. The number of hydrogen-bond donors (Lipinski definition) is 3. The van der Waals surface area contributed by atoms with E-state index in [0.29, 0.717) is 0 Å². The van der Waals surface area contributed by atoms with Gasteiger partial charge in [-0.3, -0.25) is 0 Å². The maximum absolute atomic E-state index is 5.63. The Morgan fingerprint density at radius 3 is 2.58 bits per heavy atom. The summed E-state index contributed by atoms with van der Waals surface area (Å²) in [5.74, 6) is 1.75. The van der Waals surface area contributed by atoms with Crippen molar-refractivity contribution in [3.63, 3.8) is 0 Å². The van der Waals surface area contributed by atoms with Crippen LogP contribution in [0.3, 0.4) is 0 Å². The van der Waals surface area contributed by atoms with Crippen LogP contribution in [0.2, 0.25) is 0 Å². The van der Waals surface area contributed by atoms with E-state index in [-0.39, 0.29) is 5.95 Å². The van der Waals surface area contributed by atoms with Crippen LogP contribution in [0.1, 0.15) is 12.0 Å². The molecular weight excluding hydrogens is 238 g/mol. The lowest BCUT2D eigenvalue weighted by molar-refractivity contribution is 0.858. The molecule has 0 amide bonds. The number of aromatic nitrogens is 2. The zero-order valence-electron chi connectivity index (χ0n) is 11.1. The van der Waals surface area contributed by atoms with E-state index >= 15 is 0 Å². The third kappa shape index (κ3) is 4.13. The minimum Gasteiger partial charge on any atom is -0.373 e. The molecule has 0 atom stereocenters. The number of nitrogens with zero attached hydrogens (tertiary/aromatic N) is 2. The van der Waals surface area contributed by atoms with Crippen LogP contribution in [-0.2, 0) is 6.42 Å². The number of anilines is 3. The number of nitrogens with two attached hydrogens (primary N) is 1. The van der Waals surface area contributed by atoms with E-state index in [2.05, 4.69) is 44.9 Å². The second kappa shape index (κ2) is 6.58. The molecular formula is C14H19N5. The van der Waals surface area contributed by atoms with E-state index in [4.69, 9.17) is 5.73 Å². The Morgan fingerprint density at radius 1 is 1.11 bits per heavy atom. The normalized spacial score (nSPS) is 10.2. The third-order valence-corrected chi connectivity index (χ3v) is 2.79. The van der Waals surface area contributed by atoms with Crippen LogP contribution in [-0.4, -0.2) is 23.6 Å². The van der Waals surface area contributed by atoms with Gasteiger partial charge in [-0.05, 0) is 18.4 Å². The van der Waals surface area contributed by atoms with Crippen molar-refractivity contribution in [3.8, 4) is 0 Å². The van der Waals surface area contributed by atoms with E-state index in [1.54, 1.807) is 7.05 Å². The molecule has 0 aliphatic carbocycles. The molecule has 0 spiro atoms. The maximum Gasteiger partial charge on any atom is 0.223 e. The Bertz CT molecular complexity index is 512. The molecule has 0 aliphatic heterocycles. The molecule has 1 aromatic heterocycles. The predicted molar refractivity (Wildman–Crippen MR) is 79.2 cm³/mol. The molecule has 19 heavy (non-hydrogen) atoms. The van der Waals surface area contributed by atoms with Gasteiger partial charge in [0.2, 0.25) is 5.95 Å². The van der Waals surface area contributed by atoms with Gasteiger partial charge in [-0.25, -0.2) is 0 Å². The summed E-state index contributed by atoms with van der Waals surface area (Å²) < 4.78 is 0. The largest absolute Gasteiger partial charge is 0.373 e. The van der Waals surface area contributed by atoms with Crippen molar-refractivity contribution in [3.05, 3.63) is 42.0 Å². The Morgan fingerprint density at radius 2 is 1.84 bits per heavy atom. The number of rotatable bonds is 6. The van der Waals surface area contributed by atoms with Gasteiger partial charge < -0.3 is 16.4 Å². The number of nitrogens with one attached hydrogen (secondary N) is 2. The van der Waals surface area contributed by atoms with E-state index in [1.807, 2.05) is 12.1 Å². The van der Waals surface area contributed by atoms with Crippen molar-refractivity contribution in [2.75, 3.05) is 30.0 Å². The minimum atomic E-state index is 0.275. The lowest BCUT2D eigenvalue weighted by Crippen LogP contribution is -2.08. The average molecular weight is 257 g/mol. The van der Waals surface area contributed by atoms with Gasteiger partial charge in [0, 0.05) is 19.7 Å². The Balaban J connectivity index is 1.81. The number of aryl methyl sites for hydroxylation is 1. The first-order valence-corrected chi connectivity index (χ1v) is 6.38. The summed E-state index contributed by atoms with van der Waals surface area (Å²) in [6, 6.07) is 12.3. The highest BCUT2D eigenvalue weighted by atomic mass is 15.1. The van der Waals surface area contributed by atoms with Crippen LogP contribution in [0.4, 0.5) is 17.6 Å². The summed E-state index contributed by atoms with van der Waals surface area (Å²) in [5.41, 5.74) is 6.98. The fraction of sp³-hybridized carbons (Fsp3) is 0.286. The summed E-state index contributed by atoms with van der Waals surface area (Å²) >= 11 is 0. The molecule has 2 aromatic rings. The zero-order valence-corrected chi connectivity index (χ0v) is 11.1. The molecule has 0 fully saturated rings. The van der Waals surface area contributed by atoms with Crippen LogP contribution in [0.5, 0.6) is 0 Å². The van der Waals surface area contributed by atoms with Crippen LogP contribution in [0, 0.1) is 0 Å². The van der Waals surface area contributed by atoms with Crippen molar-refractivity contribution >= 4 is 17.6 Å². The number of benzene rings is 1. The minimum absolute atomic E-state index is 0.275. The molecule has 100 valence electrons. The van der Waals surface area contributed by atoms with Gasteiger partial charge in [0.1, 0.15) is 11.6 Å². The predicted octanol–water partition coefficient (Wildman–Crippen LogP) is 2.15. The van der Waals surface area contributed by atoms with Crippen molar-refractivity contribution in [2.45, 2.75) is 12.8 Å². The molecule has 1 heterocycles. The molecule has 0 radical (unpaired) electrons. The van der Waals surface area contributed by atoms with Crippen LogP contribution in [0.25, 0.3) is 0 Å². The van der Waals surface area contributed by atoms with Gasteiger partial charge in [-0.2, -0.15) is 9.97 Å². The zero-order chi connectivity index (χ0) is 13.5. The standard InChI is InChI=1S/C14H19N5/c1-16-12-10-13(19-14(15)18-12)17-9-5-8-11-6-3-2-4-7-11/h2-4,6-7,10H,5,8-9H2,1H3,(H4,15,16,17,18,19). The van der Waals surface area contributed by atoms with Gasteiger partial charge in [0.25, 0.3) is 0 Å². The third-order valence-electron chi connectivity index (χ3n) is 2.79. The Hall–Kier alpha value is -2.30. The number of hydrogen-bond acceptors (Lipinski definition) is 5. The van der Waals surface area contributed by atoms with Gasteiger partial charge >= 0.3 is 0 Å². The van der Waals surface area contributed by atoms with Crippen molar-refractivity contribution in [1.29, 1.82) is 0 Å². The van der Waals surface area contributed by atoms with Crippen LogP contribution in [0.15, 0.2) is 36.4 Å². The summed E-state index contributed by atoms with van der Waals surface area (Å²) in [7, 11) is 1.81. The van der Waals surface area contributed by atoms with Gasteiger partial charge in [0.05, 0.1) is 0 Å². The highest BCUT2D eigenvalue weighted by Gasteiger charge is 2.00. The fourth-order valence-corrected chi connectivity index (χ4v) is 1.84. The summed E-state index contributed by atoms with van der Waals surface area (Å²) in [4.78, 5) is 8.19. The Labute approximate surface area is 113 Å². The van der Waals surface area contributed by atoms with Gasteiger partial charge in [-0.1, -0.05) is 30.3 Å². The Kier molecular flexibility index (Phi) is 4.55. The quantitative estimate of drug-likeness (QED) is 0.691. The van der Waals surface area contributed by atoms with Crippen molar-refractivity contribution in [2.24, 2.45) is 0 Å². The SMILES string of the molecule is CNc1cc(NCCCc2ccccc2)nc(N)n1. The summed E-state index contributed by atoms with van der Waals surface area (Å²) in [5, 5.41) is 6.21. The molecule has 0 aliphatic rings. The van der Waals surface area contributed by atoms with E-state index in [9.17, 15) is 0 Å². The molecule has 1 aromatic carbocycles.